The summed E-state index contributed by atoms with van der Waals surface area (Å²) in [7, 11) is 1.56. The molecule has 176 valence electrons. The van der Waals surface area contributed by atoms with Crippen molar-refractivity contribution in [2.45, 2.75) is 30.9 Å². The van der Waals surface area contributed by atoms with Crippen molar-refractivity contribution < 1.29 is 22.8 Å². The van der Waals surface area contributed by atoms with Crippen molar-refractivity contribution in [1.29, 1.82) is 0 Å². The molecule has 1 unspecified atom stereocenters. The molecule has 2 aliphatic heterocycles. The minimum Gasteiger partial charge on any atom is -0.361 e. The zero-order valence-corrected chi connectivity index (χ0v) is 18.9. The van der Waals surface area contributed by atoms with Crippen LogP contribution in [0.2, 0.25) is 5.02 Å². The van der Waals surface area contributed by atoms with Gasteiger partial charge in [0.25, 0.3) is 0 Å². The van der Waals surface area contributed by atoms with E-state index in [4.69, 9.17) is 11.6 Å². The van der Waals surface area contributed by atoms with Crippen LogP contribution in [-0.4, -0.2) is 49.9 Å². The van der Waals surface area contributed by atoms with E-state index in [9.17, 15) is 22.8 Å². The first-order valence-corrected chi connectivity index (χ1v) is 11.3. The summed E-state index contributed by atoms with van der Waals surface area (Å²) in [4.78, 5) is 28.9. The van der Waals surface area contributed by atoms with Gasteiger partial charge in [-0.3, -0.25) is 9.59 Å². The van der Waals surface area contributed by atoms with Gasteiger partial charge in [-0.25, -0.2) is 0 Å². The summed E-state index contributed by atoms with van der Waals surface area (Å²) >= 11 is 6.15. The minimum atomic E-state index is -4.40. The number of carbonyl (C=O) groups is 2. The molecule has 1 saturated heterocycles. The number of likely N-dealkylation sites (N-methyl/N-ethyl adjacent to an activating group) is 1. The number of rotatable bonds is 4. The SMILES string of the molecule is CNC(=O)CN1CC(C(=O)N2CCC(c3ccccc3C(F)(F)F)CC2)c2ccc(Cl)cc21. The number of halogens is 4. The third-order valence-electron chi connectivity index (χ3n) is 6.54. The lowest BCUT2D eigenvalue weighted by Gasteiger charge is -2.34. The van der Waals surface area contributed by atoms with E-state index in [0.717, 1.165) is 17.3 Å². The Morgan fingerprint density at radius 2 is 1.79 bits per heavy atom. The third kappa shape index (κ3) is 4.81. The van der Waals surface area contributed by atoms with Gasteiger partial charge in [-0.05, 0) is 48.1 Å². The highest BCUT2D eigenvalue weighted by molar-refractivity contribution is 6.31. The molecule has 4 rings (SSSR count). The smallest absolute Gasteiger partial charge is 0.361 e. The first kappa shape index (κ1) is 23.4. The number of carbonyl (C=O) groups excluding carboxylic acids is 2. The molecule has 5 nitrogen and oxygen atoms in total. The normalized spacial score (nSPS) is 18.9. The standard InChI is InChI=1S/C24H25ClF3N3O2/c1-29-22(32)14-31-13-19(18-7-6-16(25)12-21(18)31)23(33)30-10-8-15(9-11-30)17-4-2-3-5-20(17)24(26,27)28/h2-7,12,15,19H,8-11,13-14H2,1H3,(H,29,32). The molecule has 0 spiro atoms. The van der Waals surface area contributed by atoms with E-state index >= 15 is 0 Å². The fourth-order valence-corrected chi connectivity index (χ4v) is 5.02. The van der Waals surface area contributed by atoms with Crippen LogP contribution in [0, 0.1) is 0 Å². The van der Waals surface area contributed by atoms with Crippen LogP contribution >= 0.6 is 11.6 Å². The van der Waals surface area contributed by atoms with Gasteiger partial charge in [0, 0.05) is 37.4 Å². The lowest BCUT2D eigenvalue weighted by atomic mass is 9.85. The first-order valence-electron chi connectivity index (χ1n) is 10.9. The average Bonchev–Trinajstić information content (AvgIpc) is 3.15. The van der Waals surface area contributed by atoms with Crippen LogP contribution in [0.25, 0.3) is 0 Å². The summed E-state index contributed by atoms with van der Waals surface area (Å²) < 4.78 is 40.3. The second-order valence-electron chi connectivity index (χ2n) is 8.49. The summed E-state index contributed by atoms with van der Waals surface area (Å²) in [6.07, 6.45) is -3.45. The highest BCUT2D eigenvalue weighted by Crippen LogP contribution is 2.41. The van der Waals surface area contributed by atoms with Crippen LogP contribution < -0.4 is 10.2 Å². The molecular formula is C24H25ClF3N3O2. The summed E-state index contributed by atoms with van der Waals surface area (Å²) in [5.74, 6) is -0.925. The number of hydrogen-bond acceptors (Lipinski definition) is 3. The topological polar surface area (TPSA) is 52.7 Å². The first-order chi connectivity index (χ1) is 15.7. The van der Waals surface area contributed by atoms with Crippen molar-refractivity contribution in [3.8, 4) is 0 Å². The molecule has 2 aromatic rings. The summed E-state index contributed by atoms with van der Waals surface area (Å²) in [5.41, 5.74) is 1.28. The fourth-order valence-electron chi connectivity index (χ4n) is 4.86. The largest absolute Gasteiger partial charge is 0.416 e. The van der Waals surface area contributed by atoms with Gasteiger partial charge < -0.3 is 15.1 Å². The monoisotopic (exact) mass is 479 g/mol. The molecule has 2 aromatic carbocycles. The molecule has 0 saturated carbocycles. The summed E-state index contributed by atoms with van der Waals surface area (Å²) in [5, 5.41) is 3.11. The number of nitrogens with zero attached hydrogens (tertiary/aromatic N) is 2. The number of benzene rings is 2. The van der Waals surface area contributed by atoms with E-state index in [0.29, 0.717) is 43.1 Å². The molecule has 1 fully saturated rings. The molecule has 33 heavy (non-hydrogen) atoms. The van der Waals surface area contributed by atoms with E-state index in [-0.39, 0.29) is 24.3 Å². The van der Waals surface area contributed by atoms with Crippen LogP contribution in [0.3, 0.4) is 0 Å². The van der Waals surface area contributed by atoms with E-state index < -0.39 is 17.7 Å². The van der Waals surface area contributed by atoms with Gasteiger partial charge in [0.2, 0.25) is 11.8 Å². The Hall–Kier alpha value is -2.74. The molecular weight excluding hydrogens is 455 g/mol. The molecule has 2 amide bonds. The number of piperidine rings is 1. The molecule has 0 aliphatic carbocycles. The van der Waals surface area contributed by atoms with Gasteiger partial charge in [-0.1, -0.05) is 35.9 Å². The zero-order chi connectivity index (χ0) is 23.8. The van der Waals surface area contributed by atoms with Crippen LogP contribution in [0.4, 0.5) is 18.9 Å². The molecule has 2 aliphatic rings. The van der Waals surface area contributed by atoms with Crippen molar-refractivity contribution in [3.63, 3.8) is 0 Å². The Bertz CT molecular complexity index is 1050. The lowest BCUT2D eigenvalue weighted by Crippen LogP contribution is -2.42. The van der Waals surface area contributed by atoms with E-state index in [1.807, 2.05) is 11.0 Å². The van der Waals surface area contributed by atoms with Gasteiger partial charge in [0.15, 0.2) is 0 Å². The molecule has 0 bridgehead atoms. The Morgan fingerprint density at radius 3 is 2.45 bits per heavy atom. The molecule has 9 heteroatoms. The number of nitrogens with one attached hydrogen (secondary N) is 1. The summed E-state index contributed by atoms with van der Waals surface area (Å²) in [6, 6.07) is 11.0. The maximum absolute atomic E-state index is 13.4. The number of hydrogen-bond donors (Lipinski definition) is 1. The van der Waals surface area contributed by atoms with Gasteiger partial charge in [-0.15, -0.1) is 0 Å². The molecule has 1 atom stereocenters. The fraction of sp³-hybridized carbons (Fsp3) is 0.417. The van der Waals surface area contributed by atoms with Crippen LogP contribution in [0.1, 0.15) is 41.4 Å². The minimum absolute atomic E-state index is 0.0689. The number of fused-ring (bicyclic) bond motifs is 1. The maximum Gasteiger partial charge on any atom is 0.416 e. The molecule has 0 radical (unpaired) electrons. The van der Waals surface area contributed by atoms with Crippen molar-refractivity contribution >= 4 is 29.1 Å². The number of alkyl halides is 3. The quantitative estimate of drug-likeness (QED) is 0.706. The second kappa shape index (κ2) is 9.25. The zero-order valence-electron chi connectivity index (χ0n) is 18.2. The van der Waals surface area contributed by atoms with E-state index in [2.05, 4.69) is 5.32 Å². The third-order valence-corrected chi connectivity index (χ3v) is 6.77. The van der Waals surface area contributed by atoms with Crippen molar-refractivity contribution in [1.82, 2.24) is 10.2 Å². The van der Waals surface area contributed by atoms with Crippen molar-refractivity contribution in [3.05, 3.63) is 64.2 Å². The van der Waals surface area contributed by atoms with E-state index in [1.165, 1.54) is 6.07 Å². The predicted octanol–water partition coefficient (Wildman–Crippen LogP) is 4.41. The highest BCUT2D eigenvalue weighted by Gasteiger charge is 2.39. The maximum atomic E-state index is 13.4. The highest BCUT2D eigenvalue weighted by atomic mass is 35.5. The van der Waals surface area contributed by atoms with Crippen LogP contribution in [-0.2, 0) is 15.8 Å². The molecule has 1 N–H and O–H groups in total. The average molecular weight is 480 g/mol. The van der Waals surface area contributed by atoms with Gasteiger partial charge in [-0.2, -0.15) is 13.2 Å². The van der Waals surface area contributed by atoms with Crippen LogP contribution in [0.5, 0.6) is 0 Å². The Balaban J connectivity index is 1.48. The Kier molecular flexibility index (Phi) is 6.56. The van der Waals surface area contributed by atoms with Gasteiger partial charge >= 0.3 is 6.18 Å². The lowest BCUT2D eigenvalue weighted by molar-refractivity contribution is -0.139. The number of likely N-dealkylation sites (tertiary alicyclic amines) is 1. The van der Waals surface area contributed by atoms with Crippen LogP contribution in [0.15, 0.2) is 42.5 Å². The van der Waals surface area contributed by atoms with Gasteiger partial charge in [0.1, 0.15) is 0 Å². The summed E-state index contributed by atoms with van der Waals surface area (Å²) in [6.45, 7) is 1.26. The molecule has 0 aromatic heterocycles. The van der Waals surface area contributed by atoms with E-state index in [1.54, 1.807) is 36.2 Å². The Labute approximate surface area is 195 Å². The van der Waals surface area contributed by atoms with Crippen molar-refractivity contribution in [2.75, 3.05) is 38.1 Å². The Morgan fingerprint density at radius 1 is 1.09 bits per heavy atom. The van der Waals surface area contributed by atoms with Crippen molar-refractivity contribution in [2.24, 2.45) is 0 Å². The second-order valence-corrected chi connectivity index (χ2v) is 8.93. The predicted molar refractivity (Wildman–Crippen MR) is 120 cm³/mol. The molecule has 2 heterocycles. The number of anilines is 1. The van der Waals surface area contributed by atoms with Gasteiger partial charge in [0.05, 0.1) is 18.0 Å². The number of amides is 2.